The molecule has 6 heteroatoms. The van der Waals surface area contributed by atoms with Crippen LogP contribution in [0.25, 0.3) is 0 Å². The molecule has 2 aromatic rings. The van der Waals surface area contributed by atoms with Crippen LogP contribution in [0, 0.1) is 0 Å². The summed E-state index contributed by atoms with van der Waals surface area (Å²) in [5.74, 6) is 0.210. The maximum Gasteiger partial charge on any atom is 0.358 e. The normalized spacial score (nSPS) is 10.2. The van der Waals surface area contributed by atoms with Crippen molar-refractivity contribution in [2.75, 3.05) is 7.11 Å². The molecule has 98 valence electrons. The van der Waals surface area contributed by atoms with Crippen molar-refractivity contribution in [3.05, 3.63) is 52.9 Å². The van der Waals surface area contributed by atoms with E-state index in [0.717, 1.165) is 15.6 Å². The Morgan fingerprint density at radius 2 is 2.11 bits per heavy atom. The van der Waals surface area contributed by atoms with E-state index in [0.29, 0.717) is 5.75 Å². The van der Waals surface area contributed by atoms with E-state index in [1.165, 1.54) is 25.1 Å². The molecular weight excluding hydrogens is 284 g/mol. The molecule has 1 aromatic heterocycles. The molecule has 0 aliphatic rings. The van der Waals surface area contributed by atoms with Crippen LogP contribution in [0.3, 0.4) is 0 Å². The number of rotatable bonds is 4. The summed E-state index contributed by atoms with van der Waals surface area (Å²) in [6.07, 6.45) is 2.95. The predicted molar refractivity (Wildman–Crippen MR) is 74.4 cm³/mol. The van der Waals surface area contributed by atoms with Gasteiger partial charge in [0, 0.05) is 10.8 Å². The van der Waals surface area contributed by atoms with E-state index >= 15 is 0 Å². The zero-order valence-corrected chi connectivity index (χ0v) is 11.7. The highest BCUT2D eigenvalue weighted by atomic mass is 35.5. The van der Waals surface area contributed by atoms with Gasteiger partial charge in [-0.15, -0.1) is 11.8 Å². The van der Waals surface area contributed by atoms with Gasteiger partial charge >= 0.3 is 5.97 Å². The first-order valence-electron chi connectivity index (χ1n) is 5.47. The van der Waals surface area contributed by atoms with Gasteiger partial charge in [-0.3, -0.25) is 0 Å². The van der Waals surface area contributed by atoms with Crippen molar-refractivity contribution in [2.45, 2.75) is 10.8 Å². The summed E-state index contributed by atoms with van der Waals surface area (Å²) in [4.78, 5) is 19.3. The summed E-state index contributed by atoms with van der Waals surface area (Å²) in [5.41, 5.74) is 1.23. The molecule has 0 radical (unpaired) electrons. The lowest BCUT2D eigenvalue weighted by atomic mass is 10.2. The maximum absolute atomic E-state index is 11.2. The minimum atomic E-state index is -0.491. The monoisotopic (exact) mass is 294 g/mol. The summed E-state index contributed by atoms with van der Waals surface area (Å²) in [6, 6.07) is 7.64. The molecule has 19 heavy (non-hydrogen) atoms. The van der Waals surface area contributed by atoms with Crippen LogP contribution in [0.1, 0.15) is 16.1 Å². The number of halogens is 1. The molecule has 0 unspecified atom stereocenters. The van der Waals surface area contributed by atoms with Crippen molar-refractivity contribution in [2.24, 2.45) is 0 Å². The van der Waals surface area contributed by atoms with Gasteiger partial charge in [0.1, 0.15) is 5.03 Å². The van der Waals surface area contributed by atoms with Crippen molar-refractivity contribution in [3.8, 4) is 0 Å². The van der Waals surface area contributed by atoms with Gasteiger partial charge in [-0.05, 0) is 11.6 Å². The van der Waals surface area contributed by atoms with Crippen LogP contribution in [0.4, 0.5) is 0 Å². The Morgan fingerprint density at radius 1 is 1.32 bits per heavy atom. The quantitative estimate of drug-likeness (QED) is 0.640. The van der Waals surface area contributed by atoms with Crippen LogP contribution in [0.5, 0.6) is 0 Å². The summed E-state index contributed by atoms with van der Waals surface area (Å²) >= 11 is 7.57. The average molecular weight is 295 g/mol. The fourth-order valence-electron chi connectivity index (χ4n) is 1.37. The Morgan fingerprint density at radius 3 is 2.74 bits per heavy atom. The first-order chi connectivity index (χ1) is 9.20. The first-order valence-corrected chi connectivity index (χ1v) is 6.83. The van der Waals surface area contributed by atoms with Gasteiger partial charge < -0.3 is 4.74 Å². The zero-order valence-electron chi connectivity index (χ0n) is 10.2. The number of carbonyl (C=O) groups is 1. The fraction of sp³-hybridized carbons (Fsp3) is 0.154. The van der Waals surface area contributed by atoms with E-state index in [4.69, 9.17) is 11.6 Å². The Kier molecular flexibility index (Phi) is 4.76. The van der Waals surface area contributed by atoms with E-state index in [2.05, 4.69) is 14.7 Å². The summed E-state index contributed by atoms with van der Waals surface area (Å²) in [5, 5.41) is 1.46. The molecule has 0 bridgehead atoms. The van der Waals surface area contributed by atoms with Crippen LogP contribution in [-0.4, -0.2) is 23.0 Å². The lowest BCUT2D eigenvalue weighted by Gasteiger charge is -2.03. The number of benzene rings is 1. The molecule has 4 nitrogen and oxygen atoms in total. The van der Waals surface area contributed by atoms with Crippen molar-refractivity contribution < 1.29 is 9.53 Å². The number of ether oxygens (including phenoxy) is 1. The first kappa shape index (κ1) is 13.8. The molecule has 0 spiro atoms. The van der Waals surface area contributed by atoms with Crippen molar-refractivity contribution >= 4 is 29.3 Å². The molecule has 2 rings (SSSR count). The number of hydrogen-bond acceptors (Lipinski definition) is 5. The molecule has 0 amide bonds. The van der Waals surface area contributed by atoms with Crippen LogP contribution in [0.2, 0.25) is 5.02 Å². The second kappa shape index (κ2) is 6.54. The van der Waals surface area contributed by atoms with Crippen molar-refractivity contribution in [1.29, 1.82) is 0 Å². The third-order valence-electron chi connectivity index (χ3n) is 2.36. The topological polar surface area (TPSA) is 52.1 Å². The highest BCUT2D eigenvalue weighted by Gasteiger charge is 2.08. The number of aromatic nitrogens is 2. The molecule has 0 atom stereocenters. The predicted octanol–water partition coefficient (Wildman–Crippen LogP) is 3.21. The minimum Gasteiger partial charge on any atom is -0.464 e. The highest BCUT2D eigenvalue weighted by molar-refractivity contribution is 7.98. The van der Waals surface area contributed by atoms with Crippen LogP contribution < -0.4 is 0 Å². The summed E-state index contributed by atoms with van der Waals surface area (Å²) < 4.78 is 4.56. The molecule has 0 aliphatic heterocycles. The Bertz CT molecular complexity index is 575. The van der Waals surface area contributed by atoms with Gasteiger partial charge in [0.15, 0.2) is 5.69 Å². The Labute approximate surface area is 120 Å². The lowest BCUT2D eigenvalue weighted by Crippen LogP contribution is -2.04. The van der Waals surface area contributed by atoms with E-state index in [9.17, 15) is 4.79 Å². The highest BCUT2D eigenvalue weighted by Crippen LogP contribution is 2.24. The van der Waals surface area contributed by atoms with Gasteiger partial charge in [0.05, 0.1) is 19.5 Å². The van der Waals surface area contributed by atoms with Crippen LogP contribution in [0.15, 0.2) is 41.7 Å². The molecular formula is C13H11ClN2O2S. The van der Waals surface area contributed by atoms with Crippen molar-refractivity contribution in [1.82, 2.24) is 9.97 Å². The smallest absolute Gasteiger partial charge is 0.358 e. The minimum absolute atomic E-state index is 0.199. The van der Waals surface area contributed by atoms with E-state index in [1.807, 2.05) is 24.3 Å². The maximum atomic E-state index is 11.2. The number of carbonyl (C=O) groups excluding carboxylic acids is 1. The number of nitrogens with zero attached hydrogens (tertiary/aromatic N) is 2. The zero-order chi connectivity index (χ0) is 13.7. The van der Waals surface area contributed by atoms with Gasteiger partial charge in [-0.1, -0.05) is 29.8 Å². The van der Waals surface area contributed by atoms with Gasteiger partial charge in [-0.2, -0.15) is 0 Å². The molecule has 1 aromatic carbocycles. The summed E-state index contributed by atoms with van der Waals surface area (Å²) in [6.45, 7) is 0. The molecule has 0 saturated heterocycles. The average Bonchev–Trinajstić information content (AvgIpc) is 2.46. The molecule has 0 fully saturated rings. The van der Waals surface area contributed by atoms with E-state index < -0.39 is 5.97 Å². The SMILES string of the molecule is COC(=O)c1cnc(SCc2ccccc2Cl)cn1. The van der Waals surface area contributed by atoms with Gasteiger partial charge in [0.25, 0.3) is 0 Å². The van der Waals surface area contributed by atoms with Crippen LogP contribution in [-0.2, 0) is 10.5 Å². The molecule has 1 heterocycles. The summed E-state index contributed by atoms with van der Waals surface area (Å²) in [7, 11) is 1.31. The number of hydrogen-bond donors (Lipinski definition) is 0. The fourth-order valence-corrected chi connectivity index (χ4v) is 2.46. The van der Waals surface area contributed by atoms with Gasteiger partial charge in [-0.25, -0.2) is 14.8 Å². The van der Waals surface area contributed by atoms with Gasteiger partial charge in [0.2, 0.25) is 0 Å². The van der Waals surface area contributed by atoms with Crippen molar-refractivity contribution in [3.63, 3.8) is 0 Å². The third-order valence-corrected chi connectivity index (χ3v) is 3.69. The lowest BCUT2D eigenvalue weighted by molar-refractivity contribution is 0.0593. The van der Waals surface area contributed by atoms with Crippen LogP contribution >= 0.6 is 23.4 Å². The number of thioether (sulfide) groups is 1. The second-order valence-electron chi connectivity index (χ2n) is 3.61. The van der Waals surface area contributed by atoms with E-state index in [-0.39, 0.29) is 5.69 Å². The number of methoxy groups -OCH3 is 1. The standard InChI is InChI=1S/C13H11ClN2O2S/c1-18-13(17)11-6-16-12(7-15-11)19-8-9-4-2-3-5-10(9)14/h2-7H,8H2,1H3. The molecule has 0 N–H and O–H groups in total. The Balaban J connectivity index is 2.01. The Hall–Kier alpha value is -1.59. The second-order valence-corrected chi connectivity index (χ2v) is 5.01. The molecule has 0 saturated carbocycles. The van der Waals surface area contributed by atoms with E-state index in [1.54, 1.807) is 6.20 Å². The molecule has 0 aliphatic carbocycles. The largest absolute Gasteiger partial charge is 0.464 e. The third kappa shape index (κ3) is 3.68. The number of esters is 1.